The van der Waals surface area contributed by atoms with Gasteiger partial charge in [-0.05, 0) is 19.8 Å². The standard InChI is InChI=1S/C21H36N4O11/c1-4-12(21(35)25-13(20(22)34)5-6-17(31)32)10(2)23-16(30)9-36-19(18(33)15(29)8-27)14(7-26)24-11(3)28/h7,10,12-15,18-19,27,29,33H,4-6,8-9H2,1-3H3,(H2,22,34)(H,23,30)(H,24,28)(H,25,35)(H,31,32)/t10?,12?,13?,14-,15+,18+,19+/m0/s1. The molecule has 0 radical (unpaired) electrons. The number of primary amides is 1. The van der Waals surface area contributed by atoms with Crippen molar-refractivity contribution < 1.29 is 53.9 Å². The zero-order chi connectivity index (χ0) is 28.0. The van der Waals surface area contributed by atoms with Gasteiger partial charge in [-0.15, -0.1) is 0 Å². The van der Waals surface area contributed by atoms with Crippen LogP contribution in [0.2, 0.25) is 0 Å². The third-order valence-corrected chi connectivity index (χ3v) is 5.27. The highest BCUT2D eigenvalue weighted by atomic mass is 16.5. The molecule has 36 heavy (non-hydrogen) atoms. The number of nitrogens with two attached hydrogens (primary N) is 1. The molecule has 0 aromatic heterocycles. The minimum Gasteiger partial charge on any atom is -0.481 e. The van der Waals surface area contributed by atoms with Gasteiger partial charge in [0.15, 0.2) is 0 Å². The summed E-state index contributed by atoms with van der Waals surface area (Å²) in [7, 11) is 0. The van der Waals surface area contributed by atoms with Crippen molar-refractivity contribution in [1.29, 1.82) is 0 Å². The quantitative estimate of drug-likeness (QED) is 0.0812. The van der Waals surface area contributed by atoms with Crippen LogP contribution in [-0.2, 0) is 33.5 Å². The topological polar surface area (TPSA) is 255 Å². The van der Waals surface area contributed by atoms with Gasteiger partial charge in [-0.2, -0.15) is 0 Å². The van der Waals surface area contributed by atoms with E-state index >= 15 is 0 Å². The summed E-state index contributed by atoms with van der Waals surface area (Å²) in [5.74, 6) is -5.02. The number of hydrogen-bond donors (Lipinski definition) is 8. The Bertz CT molecular complexity index is 779. The van der Waals surface area contributed by atoms with Gasteiger partial charge in [0.05, 0.1) is 12.5 Å². The average Bonchev–Trinajstić information content (AvgIpc) is 2.79. The first-order valence-electron chi connectivity index (χ1n) is 11.2. The number of carboxylic acid groups (broad SMARTS) is 1. The monoisotopic (exact) mass is 520 g/mol. The van der Waals surface area contributed by atoms with Crippen LogP contribution in [0.5, 0.6) is 0 Å². The van der Waals surface area contributed by atoms with E-state index in [1.165, 1.54) is 6.92 Å². The van der Waals surface area contributed by atoms with E-state index in [-0.39, 0.29) is 19.1 Å². The molecule has 0 bridgehead atoms. The Balaban J connectivity index is 5.25. The van der Waals surface area contributed by atoms with Crippen molar-refractivity contribution in [2.75, 3.05) is 13.2 Å². The van der Waals surface area contributed by atoms with Crippen molar-refractivity contribution >= 4 is 35.9 Å². The lowest BCUT2D eigenvalue weighted by atomic mass is 9.96. The number of carboxylic acids is 1. The number of amides is 4. The predicted octanol–water partition coefficient (Wildman–Crippen LogP) is -3.84. The highest BCUT2D eigenvalue weighted by Crippen LogP contribution is 2.12. The summed E-state index contributed by atoms with van der Waals surface area (Å²) in [6.45, 7) is 2.59. The minimum atomic E-state index is -1.84. The summed E-state index contributed by atoms with van der Waals surface area (Å²) >= 11 is 0. The van der Waals surface area contributed by atoms with Crippen LogP contribution in [0.4, 0.5) is 0 Å². The van der Waals surface area contributed by atoms with E-state index in [1.54, 1.807) is 6.92 Å². The van der Waals surface area contributed by atoms with E-state index < -0.39 is 91.6 Å². The molecule has 206 valence electrons. The second-order valence-electron chi connectivity index (χ2n) is 8.15. The molecule has 0 fully saturated rings. The lowest BCUT2D eigenvalue weighted by Gasteiger charge is -2.30. The maximum atomic E-state index is 12.6. The number of ether oxygens (including phenoxy) is 1. The van der Waals surface area contributed by atoms with Gasteiger partial charge in [0, 0.05) is 19.4 Å². The fourth-order valence-corrected chi connectivity index (χ4v) is 3.34. The molecule has 0 aliphatic heterocycles. The van der Waals surface area contributed by atoms with Crippen molar-refractivity contribution in [2.45, 2.75) is 76.5 Å². The van der Waals surface area contributed by atoms with Gasteiger partial charge in [0.2, 0.25) is 23.6 Å². The molecule has 9 N–H and O–H groups in total. The number of aliphatic hydroxyl groups is 3. The molecule has 0 aliphatic carbocycles. The highest BCUT2D eigenvalue weighted by Gasteiger charge is 2.35. The van der Waals surface area contributed by atoms with Crippen molar-refractivity contribution in [3.05, 3.63) is 0 Å². The molecule has 0 heterocycles. The van der Waals surface area contributed by atoms with Crippen molar-refractivity contribution in [3.63, 3.8) is 0 Å². The zero-order valence-electron chi connectivity index (χ0n) is 20.4. The summed E-state index contributed by atoms with van der Waals surface area (Å²) in [5, 5.41) is 44.8. The largest absolute Gasteiger partial charge is 0.481 e. The van der Waals surface area contributed by atoms with Gasteiger partial charge in [0.25, 0.3) is 0 Å². The van der Waals surface area contributed by atoms with Crippen molar-refractivity contribution in [2.24, 2.45) is 11.7 Å². The number of aldehydes is 1. The van der Waals surface area contributed by atoms with Gasteiger partial charge in [-0.1, -0.05) is 6.92 Å². The summed E-state index contributed by atoms with van der Waals surface area (Å²) in [6.07, 6.45) is -5.32. The lowest BCUT2D eigenvalue weighted by Crippen LogP contribution is -2.55. The molecular weight excluding hydrogens is 484 g/mol. The van der Waals surface area contributed by atoms with Crippen LogP contribution in [0.1, 0.15) is 40.0 Å². The van der Waals surface area contributed by atoms with Crippen LogP contribution in [0.25, 0.3) is 0 Å². The maximum absolute atomic E-state index is 12.6. The van der Waals surface area contributed by atoms with Gasteiger partial charge < -0.3 is 51.6 Å². The van der Waals surface area contributed by atoms with Crippen molar-refractivity contribution in [3.8, 4) is 0 Å². The number of hydrogen-bond acceptors (Lipinski definition) is 10. The number of aliphatic carboxylic acids is 1. The molecule has 0 spiro atoms. The molecule has 4 amide bonds. The van der Waals surface area contributed by atoms with Gasteiger partial charge in [0.1, 0.15) is 43.3 Å². The first-order chi connectivity index (χ1) is 16.8. The first kappa shape index (κ1) is 32.9. The fourth-order valence-electron chi connectivity index (χ4n) is 3.34. The Labute approximate surface area is 207 Å². The highest BCUT2D eigenvalue weighted by molar-refractivity contribution is 5.88. The van der Waals surface area contributed by atoms with Crippen LogP contribution in [-0.4, -0.2) is 106 Å². The summed E-state index contributed by atoms with van der Waals surface area (Å²) in [4.78, 5) is 70.1. The third-order valence-electron chi connectivity index (χ3n) is 5.27. The summed E-state index contributed by atoms with van der Waals surface area (Å²) in [5.41, 5.74) is 5.22. The molecule has 0 rings (SSSR count). The van der Waals surface area contributed by atoms with Gasteiger partial charge in [-0.25, -0.2) is 0 Å². The zero-order valence-corrected chi connectivity index (χ0v) is 20.4. The van der Waals surface area contributed by atoms with Crippen LogP contribution in [0, 0.1) is 5.92 Å². The van der Waals surface area contributed by atoms with E-state index in [4.69, 9.17) is 20.7 Å². The van der Waals surface area contributed by atoms with Crippen LogP contribution in [0.3, 0.4) is 0 Å². The lowest BCUT2D eigenvalue weighted by molar-refractivity contribution is -0.146. The number of rotatable bonds is 18. The van der Waals surface area contributed by atoms with Crippen LogP contribution < -0.4 is 21.7 Å². The van der Waals surface area contributed by atoms with E-state index in [0.717, 1.165) is 6.92 Å². The molecule has 15 nitrogen and oxygen atoms in total. The Kier molecular flexibility index (Phi) is 15.1. The number of aliphatic hydroxyl groups excluding tert-OH is 3. The van der Waals surface area contributed by atoms with E-state index in [1.807, 2.05) is 0 Å². The smallest absolute Gasteiger partial charge is 0.303 e. The second-order valence-corrected chi connectivity index (χ2v) is 8.15. The van der Waals surface area contributed by atoms with E-state index in [2.05, 4.69) is 16.0 Å². The van der Waals surface area contributed by atoms with E-state index in [0.29, 0.717) is 0 Å². The Hall–Kier alpha value is -3.14. The summed E-state index contributed by atoms with van der Waals surface area (Å²) < 4.78 is 5.27. The normalized spacial score (nSPS) is 16.8. The van der Waals surface area contributed by atoms with Crippen LogP contribution >= 0.6 is 0 Å². The predicted molar refractivity (Wildman–Crippen MR) is 122 cm³/mol. The summed E-state index contributed by atoms with van der Waals surface area (Å²) in [6, 6.07) is -3.47. The van der Waals surface area contributed by atoms with Crippen LogP contribution in [0.15, 0.2) is 0 Å². The third kappa shape index (κ3) is 11.5. The minimum absolute atomic E-state index is 0.211. The number of carbonyl (C=O) groups excluding carboxylic acids is 5. The maximum Gasteiger partial charge on any atom is 0.303 e. The number of carbonyl (C=O) groups is 6. The molecule has 0 aromatic carbocycles. The molecule has 0 aliphatic rings. The van der Waals surface area contributed by atoms with Gasteiger partial charge >= 0.3 is 5.97 Å². The van der Waals surface area contributed by atoms with Gasteiger partial charge in [-0.3, -0.25) is 24.0 Å². The Morgan fingerprint density at radius 2 is 1.69 bits per heavy atom. The SMILES string of the molecule is CCC(C(=O)NC(CCC(=O)O)C(N)=O)C(C)NC(=O)CO[C@@H]([C@H](O)[C@H](O)CO)[C@H](C=O)NC(C)=O. The van der Waals surface area contributed by atoms with Crippen molar-refractivity contribution in [1.82, 2.24) is 16.0 Å². The Morgan fingerprint density at radius 1 is 1.08 bits per heavy atom. The molecule has 0 saturated carbocycles. The van der Waals surface area contributed by atoms with E-state index in [9.17, 15) is 39.0 Å². The molecule has 3 unspecified atom stereocenters. The Morgan fingerprint density at radius 3 is 2.14 bits per heavy atom. The molecule has 7 atom stereocenters. The fraction of sp³-hybridized carbons (Fsp3) is 0.714. The molecule has 15 heteroatoms. The number of nitrogens with one attached hydrogen (secondary N) is 3. The molecule has 0 aromatic rings. The first-order valence-corrected chi connectivity index (χ1v) is 11.2. The molecule has 0 saturated heterocycles. The second kappa shape index (κ2) is 16.5. The average molecular weight is 521 g/mol. The molecular formula is C21H36N4O11.